The van der Waals surface area contributed by atoms with Gasteiger partial charge in [0.05, 0.1) is 43.6 Å². The summed E-state index contributed by atoms with van der Waals surface area (Å²) in [6.07, 6.45) is -0.279. The fraction of sp³-hybridized carbons (Fsp3) is 0.529. The topological polar surface area (TPSA) is 86.6 Å². The summed E-state index contributed by atoms with van der Waals surface area (Å²) < 4.78 is 25.3. The van der Waals surface area contributed by atoms with Crippen LogP contribution in [0, 0.1) is 11.0 Å². The maximum absolute atomic E-state index is 14.7. The third-order valence-corrected chi connectivity index (χ3v) is 5.13. The molecular formula is C17H20FN3O5. The number of rotatable bonds is 4. The zero-order valence-corrected chi connectivity index (χ0v) is 14.3. The first-order chi connectivity index (χ1) is 12.4. The zero-order valence-electron chi connectivity index (χ0n) is 14.3. The van der Waals surface area contributed by atoms with Crippen LogP contribution in [-0.4, -0.2) is 56.5 Å². The molecular weight excluding hydrogens is 345 g/mol. The molecule has 3 aliphatic rings. The molecule has 3 saturated heterocycles. The molecule has 8 nitrogen and oxygen atoms in total. The minimum absolute atomic E-state index is 0.110. The smallest absolute Gasteiger partial charge is 0.414 e. The minimum atomic E-state index is -0.701. The molecule has 4 atom stereocenters. The minimum Gasteiger partial charge on any atom is -0.627 e. The van der Waals surface area contributed by atoms with E-state index in [2.05, 4.69) is 0 Å². The first kappa shape index (κ1) is 17.2. The van der Waals surface area contributed by atoms with Crippen LogP contribution in [0.3, 0.4) is 0 Å². The number of anilines is 2. The fourth-order valence-electron chi connectivity index (χ4n) is 3.78. The molecule has 26 heavy (non-hydrogen) atoms. The van der Waals surface area contributed by atoms with Gasteiger partial charge in [-0.15, -0.1) is 0 Å². The number of hydrogen-bond donors (Lipinski definition) is 1. The normalized spacial score (nSPS) is 28.6. The van der Waals surface area contributed by atoms with Gasteiger partial charge in [0, 0.05) is 6.54 Å². The van der Waals surface area contributed by atoms with Gasteiger partial charge in [-0.05, 0) is 24.6 Å². The van der Waals surface area contributed by atoms with Gasteiger partial charge in [0.25, 0.3) is 0 Å². The predicted molar refractivity (Wildman–Crippen MR) is 89.4 cm³/mol. The van der Waals surface area contributed by atoms with Gasteiger partial charge in [-0.1, -0.05) is 0 Å². The van der Waals surface area contributed by atoms with Crippen molar-refractivity contribution in [3.63, 3.8) is 0 Å². The van der Waals surface area contributed by atoms with E-state index < -0.39 is 29.0 Å². The van der Waals surface area contributed by atoms with Crippen LogP contribution in [0.15, 0.2) is 18.2 Å². The van der Waals surface area contributed by atoms with Gasteiger partial charge in [-0.25, -0.2) is 14.0 Å². The molecule has 3 heterocycles. The van der Waals surface area contributed by atoms with Crippen molar-refractivity contribution in [2.24, 2.45) is 0 Å². The molecule has 1 N–H and O–H groups in total. The van der Waals surface area contributed by atoms with E-state index in [0.29, 0.717) is 24.5 Å². The highest BCUT2D eigenvalue weighted by molar-refractivity contribution is 5.90. The van der Waals surface area contributed by atoms with Crippen LogP contribution in [-0.2, 0) is 14.3 Å². The lowest BCUT2D eigenvalue weighted by Crippen LogP contribution is -3.10. The first-order valence-corrected chi connectivity index (χ1v) is 8.62. The number of morpholine rings is 1. The zero-order chi connectivity index (χ0) is 18.4. The number of nitrogens with one attached hydrogen (secondary N) is 1. The van der Waals surface area contributed by atoms with Crippen LogP contribution in [0.4, 0.5) is 20.6 Å². The summed E-state index contributed by atoms with van der Waals surface area (Å²) in [6.45, 7) is 2.41. The Labute approximate surface area is 149 Å². The van der Waals surface area contributed by atoms with Gasteiger partial charge >= 0.3 is 12.0 Å². The molecule has 140 valence electrons. The van der Waals surface area contributed by atoms with Crippen molar-refractivity contribution >= 4 is 23.4 Å². The van der Waals surface area contributed by atoms with E-state index in [1.165, 1.54) is 17.9 Å². The van der Waals surface area contributed by atoms with E-state index in [1.54, 1.807) is 12.1 Å². The van der Waals surface area contributed by atoms with Crippen LogP contribution in [0.2, 0.25) is 0 Å². The number of cyclic esters (lactones) is 1. The summed E-state index contributed by atoms with van der Waals surface area (Å²) >= 11 is 0. The number of ether oxygens (including phenoxy) is 2. The molecule has 1 aromatic carbocycles. The maximum Gasteiger partial charge on any atom is 0.414 e. The molecule has 1 aromatic rings. The molecule has 2 bridgehead atoms. The van der Waals surface area contributed by atoms with Gasteiger partial charge < -0.3 is 24.6 Å². The molecule has 0 aromatic heterocycles. The van der Waals surface area contributed by atoms with E-state index in [1.807, 2.05) is 4.90 Å². The van der Waals surface area contributed by atoms with Crippen molar-refractivity contribution in [1.29, 1.82) is 0 Å². The lowest BCUT2D eigenvalue weighted by molar-refractivity contribution is -0.768. The van der Waals surface area contributed by atoms with Crippen molar-refractivity contribution in [3.8, 4) is 0 Å². The van der Waals surface area contributed by atoms with E-state index in [9.17, 15) is 19.2 Å². The largest absolute Gasteiger partial charge is 0.627 e. The summed E-state index contributed by atoms with van der Waals surface area (Å²) in [7, 11) is 0. The van der Waals surface area contributed by atoms with Gasteiger partial charge in [0.15, 0.2) is 6.10 Å². The quantitative estimate of drug-likeness (QED) is 0.760. The predicted octanol–water partition coefficient (Wildman–Crippen LogP) is 0.0576. The summed E-state index contributed by atoms with van der Waals surface area (Å²) in [5, 5.41) is 10.9. The Hall–Kier alpha value is -2.23. The number of hydrogen-bond acceptors (Lipinski definition) is 6. The summed E-state index contributed by atoms with van der Waals surface area (Å²) in [4.78, 5) is 26.4. The second kappa shape index (κ2) is 6.49. The highest BCUT2D eigenvalue weighted by Crippen LogP contribution is 2.35. The molecule has 2 amide bonds. The average Bonchev–Trinajstić information content (AvgIpc) is 3.30. The van der Waals surface area contributed by atoms with Crippen molar-refractivity contribution < 1.29 is 28.5 Å². The van der Waals surface area contributed by atoms with Crippen LogP contribution >= 0.6 is 0 Å². The number of nitrogens with zero attached hydrogens (tertiary/aromatic N) is 2. The number of halogens is 1. The second-order valence-electron chi connectivity index (χ2n) is 6.93. The first-order valence-electron chi connectivity index (χ1n) is 8.62. The Bertz CT molecular complexity index is 745. The molecule has 0 saturated carbocycles. The Morgan fingerprint density at radius 3 is 2.85 bits per heavy atom. The molecule has 1 unspecified atom stereocenters. The Morgan fingerprint density at radius 2 is 2.23 bits per heavy atom. The van der Waals surface area contributed by atoms with Crippen molar-refractivity contribution in [2.45, 2.75) is 31.6 Å². The van der Waals surface area contributed by atoms with Gasteiger partial charge in [0.1, 0.15) is 12.4 Å². The van der Waals surface area contributed by atoms with Gasteiger partial charge in [-0.3, -0.25) is 4.90 Å². The Morgan fingerprint density at radius 1 is 1.42 bits per heavy atom. The number of carbonyl (C=O) groups is 2. The third kappa shape index (κ3) is 3.02. The monoisotopic (exact) mass is 365 g/mol. The number of amides is 2. The fourth-order valence-corrected chi connectivity index (χ4v) is 3.78. The number of carbonyl (C=O) groups excluding carboxylic acids is 2. The van der Waals surface area contributed by atoms with E-state index >= 15 is 0 Å². The maximum atomic E-state index is 14.7. The van der Waals surface area contributed by atoms with Crippen LogP contribution in [0.1, 0.15) is 13.3 Å². The van der Waals surface area contributed by atoms with E-state index in [0.717, 1.165) is 6.42 Å². The standard InChI is InChI=1S/C17H20FN3O5/c1-10(22)21(24)8-14-7-20(17(23)26-14)11-2-3-16(15(18)5-11)19-6-13-4-12(19)9-25-13/h2-3,5,12-14,21H,4,6-9H2,1H3/t12-,13-,14?/m0/s1. The summed E-state index contributed by atoms with van der Waals surface area (Å²) in [6, 6.07) is 4.83. The number of fused-ring (bicyclic) bond motifs is 2. The highest BCUT2D eigenvalue weighted by atomic mass is 19.1. The number of hydroxylamine groups is 2. The number of benzene rings is 1. The van der Waals surface area contributed by atoms with Crippen molar-refractivity contribution in [3.05, 3.63) is 29.2 Å². The van der Waals surface area contributed by atoms with Gasteiger partial charge in [0.2, 0.25) is 0 Å². The summed E-state index contributed by atoms with van der Waals surface area (Å²) in [5.74, 6) is -0.982. The highest BCUT2D eigenvalue weighted by Gasteiger charge is 2.40. The second-order valence-corrected chi connectivity index (χ2v) is 6.93. The van der Waals surface area contributed by atoms with Gasteiger partial charge in [-0.2, -0.15) is 0 Å². The van der Waals surface area contributed by atoms with Crippen LogP contribution < -0.4 is 14.9 Å². The van der Waals surface area contributed by atoms with Crippen molar-refractivity contribution in [2.75, 3.05) is 36.0 Å². The molecule has 3 aliphatic heterocycles. The third-order valence-electron chi connectivity index (χ3n) is 5.13. The van der Waals surface area contributed by atoms with E-state index in [4.69, 9.17) is 9.47 Å². The van der Waals surface area contributed by atoms with E-state index in [-0.39, 0.29) is 25.2 Å². The SMILES string of the molecule is CC(=O)[N@@H+]([O-])CC1CN(c2ccc(N3C[C@@H]4C[C@H]3CO4)c(F)c2)C(=O)O1. The molecule has 3 fully saturated rings. The molecule has 4 rings (SSSR count). The molecule has 0 spiro atoms. The van der Waals surface area contributed by atoms with Crippen LogP contribution in [0.5, 0.6) is 0 Å². The van der Waals surface area contributed by atoms with Crippen LogP contribution in [0.25, 0.3) is 0 Å². The Kier molecular flexibility index (Phi) is 4.29. The molecule has 0 radical (unpaired) electrons. The van der Waals surface area contributed by atoms with Crippen molar-refractivity contribution in [1.82, 2.24) is 0 Å². The lowest BCUT2D eigenvalue weighted by atomic mass is 10.2. The Balaban J connectivity index is 1.47. The average molecular weight is 365 g/mol. The number of quaternary nitrogens is 1. The lowest BCUT2D eigenvalue weighted by Gasteiger charge is -2.29. The molecule has 9 heteroatoms. The summed E-state index contributed by atoms with van der Waals surface area (Å²) in [5.41, 5.74) is 0.870. The molecule has 0 aliphatic carbocycles.